The van der Waals surface area contributed by atoms with Gasteiger partial charge in [0.2, 0.25) is 0 Å². The first-order valence-corrected chi connectivity index (χ1v) is 7.31. The lowest BCUT2D eigenvalue weighted by molar-refractivity contribution is -0.890. The third-order valence-corrected chi connectivity index (χ3v) is 3.28. The van der Waals surface area contributed by atoms with Crippen molar-refractivity contribution in [3.05, 3.63) is 12.2 Å². The molecule has 0 atom stereocenters. The van der Waals surface area contributed by atoms with Crippen LogP contribution in [0.2, 0.25) is 0 Å². The lowest BCUT2D eigenvalue weighted by atomic mass is 10.3. The minimum absolute atomic E-state index is 0.139. The van der Waals surface area contributed by atoms with E-state index in [1.807, 2.05) is 14.1 Å². The number of quaternary nitrogens is 1. The van der Waals surface area contributed by atoms with Gasteiger partial charge in [0.25, 0.3) is 0 Å². The van der Waals surface area contributed by atoms with Crippen molar-refractivity contribution < 1.29 is 27.0 Å². The molecule has 0 aromatic carbocycles. The predicted octanol–water partition coefficient (Wildman–Crippen LogP) is -0.373. The van der Waals surface area contributed by atoms with Crippen molar-refractivity contribution in [1.29, 1.82) is 0 Å². The van der Waals surface area contributed by atoms with Crippen LogP contribution in [0.15, 0.2) is 12.2 Å². The minimum Gasteiger partial charge on any atom is -0.456 e. The summed E-state index contributed by atoms with van der Waals surface area (Å²) in [5.41, 5.74) is 0.362. The average molecular weight is 281 g/mol. The number of hydrogen-bond acceptors (Lipinski definition) is 4. The molecule has 0 aromatic heterocycles. The molecule has 0 radical (unpaired) electrons. The smallest absolute Gasteiger partial charge is 0.378 e. The number of carbonyl (C=O) groups is 1. The highest BCUT2D eigenvalue weighted by molar-refractivity contribution is 7.85. The fourth-order valence-electron chi connectivity index (χ4n) is 1.30. The number of ether oxygens (including phenoxy) is 1. The molecule has 0 aromatic rings. The van der Waals surface area contributed by atoms with Crippen LogP contribution in [0.1, 0.15) is 13.3 Å². The van der Waals surface area contributed by atoms with Crippen molar-refractivity contribution in [2.45, 2.75) is 13.3 Å². The summed E-state index contributed by atoms with van der Waals surface area (Å²) in [7, 11) is 0.195. The molecular weight excluding hydrogens is 258 g/mol. The van der Waals surface area contributed by atoms with E-state index in [9.17, 15) is 13.2 Å². The summed E-state index contributed by atoms with van der Waals surface area (Å²) in [6.45, 7) is 6.54. The van der Waals surface area contributed by atoms with Crippen molar-refractivity contribution in [2.24, 2.45) is 0 Å². The van der Waals surface area contributed by atoms with Crippen molar-refractivity contribution in [1.82, 2.24) is 0 Å². The van der Waals surface area contributed by atoms with E-state index in [1.54, 1.807) is 6.92 Å². The van der Waals surface area contributed by atoms with Crippen LogP contribution in [0.25, 0.3) is 0 Å². The molecule has 6 nitrogen and oxygen atoms in total. The third kappa shape index (κ3) is 9.15. The molecule has 0 aliphatic rings. The van der Waals surface area contributed by atoms with Crippen molar-refractivity contribution in [3.63, 3.8) is 0 Å². The second kappa shape index (κ2) is 6.86. The van der Waals surface area contributed by atoms with Gasteiger partial charge in [0.1, 0.15) is 18.9 Å². The van der Waals surface area contributed by atoms with Gasteiger partial charge in [-0.15, -0.1) is 0 Å². The van der Waals surface area contributed by atoms with Gasteiger partial charge in [0.05, 0.1) is 20.6 Å². The second-order valence-electron chi connectivity index (χ2n) is 4.97. The van der Waals surface area contributed by atoms with E-state index in [2.05, 4.69) is 6.58 Å². The van der Waals surface area contributed by atoms with Crippen molar-refractivity contribution >= 4 is 16.1 Å². The Morgan fingerprint density at radius 2 is 1.89 bits per heavy atom. The van der Waals surface area contributed by atoms with E-state index in [0.29, 0.717) is 29.6 Å². The number of rotatable bonds is 8. The number of likely N-dealkylation sites (N-methyl/N-ethyl adjacent to an activating group) is 1. The topological polar surface area (TPSA) is 83.3 Å². The Hall–Kier alpha value is -0.920. The molecule has 0 aliphatic carbocycles. The molecule has 2 N–H and O–H groups in total. The molecule has 0 rings (SSSR count). The van der Waals surface area contributed by atoms with E-state index in [0.717, 1.165) is 0 Å². The van der Waals surface area contributed by atoms with Gasteiger partial charge in [-0.1, -0.05) is 6.58 Å². The fraction of sp³-hybridized carbons (Fsp3) is 0.727. The van der Waals surface area contributed by atoms with E-state index < -0.39 is 16.1 Å². The summed E-state index contributed by atoms with van der Waals surface area (Å²) < 4.78 is 33.6. The summed E-state index contributed by atoms with van der Waals surface area (Å²) in [6.07, 6.45) is 0.424. The molecular formula is C11H23NO5S+2. The first kappa shape index (κ1) is 17.1. The fourth-order valence-corrected chi connectivity index (χ4v) is 1.81. The summed E-state index contributed by atoms with van der Waals surface area (Å²) in [6, 6.07) is 0. The first-order valence-electron chi connectivity index (χ1n) is 5.65. The molecule has 0 aliphatic heterocycles. The Morgan fingerprint density at radius 3 is 2.33 bits per heavy atom. The number of carbonyl (C=O) groups excluding carboxylic acids is 1. The molecule has 18 heavy (non-hydrogen) atoms. The Kier molecular flexibility index (Phi) is 6.51. The Bertz CT molecular complexity index is 400. The van der Waals surface area contributed by atoms with E-state index in [1.165, 1.54) is 0 Å². The molecule has 7 heteroatoms. The summed E-state index contributed by atoms with van der Waals surface area (Å²) in [5, 5.41) is 0. The van der Waals surface area contributed by atoms with Gasteiger partial charge in [-0.2, -0.15) is 8.42 Å². The summed E-state index contributed by atoms with van der Waals surface area (Å²) in [4.78, 5) is 11.1. The highest BCUT2D eigenvalue weighted by Crippen LogP contribution is 2.02. The zero-order valence-electron chi connectivity index (χ0n) is 11.2. The second-order valence-corrected chi connectivity index (χ2v) is 6.61. The maximum Gasteiger partial charge on any atom is 0.378 e. The Labute approximate surface area is 109 Å². The summed E-state index contributed by atoms with van der Waals surface area (Å²) >= 11 is 0. The Morgan fingerprint density at radius 1 is 1.33 bits per heavy atom. The number of esters is 1. The van der Waals surface area contributed by atoms with E-state index >= 15 is 0 Å². The van der Waals surface area contributed by atoms with Crippen LogP contribution < -0.4 is 0 Å². The SMILES string of the molecule is C=C(C)C(=O)OCC[N+](C)(C)CCCS(=O)(=O)[OH2+]. The average Bonchev–Trinajstić information content (AvgIpc) is 2.14. The standard InChI is InChI=1S/C11H21NO5S/c1-10(2)11(13)17-8-7-12(3,4)6-5-9-18(14,15)16/h1,5-9H2,2-4H3/p+2. The van der Waals surface area contributed by atoms with Gasteiger partial charge in [-0.25, -0.2) is 4.79 Å². The molecule has 0 fully saturated rings. The molecule has 0 heterocycles. The van der Waals surface area contributed by atoms with Gasteiger partial charge >= 0.3 is 16.1 Å². The van der Waals surface area contributed by atoms with E-state index in [4.69, 9.17) is 9.29 Å². The van der Waals surface area contributed by atoms with Crippen LogP contribution in [0, 0.1) is 0 Å². The first-order chi connectivity index (χ1) is 8.03. The van der Waals surface area contributed by atoms with Gasteiger partial charge in [-0.05, 0) is 6.92 Å². The largest absolute Gasteiger partial charge is 0.456 e. The molecule has 0 spiro atoms. The van der Waals surface area contributed by atoms with Crippen molar-refractivity contribution in [2.75, 3.05) is 39.5 Å². The lowest BCUT2D eigenvalue weighted by Crippen LogP contribution is -2.43. The van der Waals surface area contributed by atoms with Crippen LogP contribution >= 0.6 is 0 Å². The zero-order chi connectivity index (χ0) is 14.4. The van der Waals surface area contributed by atoms with Crippen molar-refractivity contribution in [3.8, 4) is 0 Å². The normalized spacial score (nSPS) is 12.2. The molecule has 0 saturated heterocycles. The quantitative estimate of drug-likeness (QED) is 0.263. The number of nitrogens with zero attached hydrogens (tertiary/aromatic N) is 1. The third-order valence-electron chi connectivity index (χ3n) is 2.45. The van der Waals surface area contributed by atoms with E-state index in [-0.39, 0.29) is 12.4 Å². The summed E-state index contributed by atoms with van der Waals surface area (Å²) in [5.74, 6) is -0.552. The minimum atomic E-state index is -3.65. The van der Waals surface area contributed by atoms with Gasteiger partial charge < -0.3 is 13.8 Å². The molecule has 0 amide bonds. The predicted molar refractivity (Wildman–Crippen MR) is 69.6 cm³/mol. The maximum atomic E-state index is 11.1. The van der Waals surface area contributed by atoms with Crippen LogP contribution in [0.3, 0.4) is 0 Å². The van der Waals surface area contributed by atoms with Gasteiger partial charge in [0, 0.05) is 12.0 Å². The maximum absolute atomic E-state index is 11.1. The lowest BCUT2D eigenvalue weighted by Gasteiger charge is -2.29. The number of hydrogen-bond donors (Lipinski definition) is 0. The molecule has 0 saturated carbocycles. The van der Waals surface area contributed by atoms with Crippen LogP contribution in [-0.2, 0) is 19.6 Å². The molecule has 0 unspecified atom stereocenters. The zero-order valence-corrected chi connectivity index (χ0v) is 12.0. The van der Waals surface area contributed by atoms with Gasteiger partial charge in [-0.3, -0.25) is 0 Å². The highest BCUT2D eigenvalue weighted by atomic mass is 32.2. The molecule has 106 valence electrons. The Balaban J connectivity index is 3.94. The van der Waals surface area contributed by atoms with Crippen LogP contribution in [0.4, 0.5) is 0 Å². The molecule has 0 bridgehead atoms. The van der Waals surface area contributed by atoms with Crippen LogP contribution in [0.5, 0.6) is 0 Å². The van der Waals surface area contributed by atoms with Gasteiger partial charge in [0.15, 0.2) is 0 Å². The monoisotopic (exact) mass is 281 g/mol. The van der Waals surface area contributed by atoms with Crippen LogP contribution in [-0.4, -0.2) is 63.0 Å². The highest BCUT2D eigenvalue weighted by Gasteiger charge is 2.18.